The Morgan fingerprint density at radius 3 is 2.54 bits per heavy atom. The number of aliphatic hydroxyl groups is 1. The molecule has 2 heterocycles. The van der Waals surface area contributed by atoms with Crippen LogP contribution in [0.25, 0.3) is 5.76 Å². The number of halogens is 1. The van der Waals surface area contributed by atoms with Crippen molar-refractivity contribution in [3.63, 3.8) is 0 Å². The predicted molar refractivity (Wildman–Crippen MR) is 102 cm³/mol. The summed E-state index contributed by atoms with van der Waals surface area (Å²) in [7, 11) is 0. The van der Waals surface area contributed by atoms with Crippen molar-refractivity contribution in [1.82, 2.24) is 9.88 Å². The third kappa shape index (κ3) is 3.17. The predicted octanol–water partition coefficient (Wildman–Crippen LogP) is 3.98. The number of carbonyl (C=O) groups excluding carboxylic acids is 2. The molecule has 1 unspecified atom stereocenters. The van der Waals surface area contributed by atoms with Crippen LogP contribution in [-0.2, 0) is 9.59 Å². The van der Waals surface area contributed by atoms with Gasteiger partial charge >= 0.3 is 0 Å². The number of carbonyl (C=O) groups is 2. The lowest BCUT2D eigenvalue weighted by molar-refractivity contribution is -0.139. The van der Waals surface area contributed by atoms with Gasteiger partial charge in [0.05, 0.1) is 11.6 Å². The van der Waals surface area contributed by atoms with Gasteiger partial charge in [0.15, 0.2) is 0 Å². The van der Waals surface area contributed by atoms with Crippen LogP contribution in [-0.4, -0.2) is 33.2 Å². The zero-order valence-corrected chi connectivity index (χ0v) is 16.2. The number of Topliss-reactive ketones (excluding diaryl/α,β-unsaturated/α-hetero) is 1. The first-order chi connectivity index (χ1) is 12.5. The molecule has 0 bridgehead atoms. The lowest BCUT2D eigenvalue weighted by Crippen LogP contribution is -2.30. The molecular weight excluding hydrogens is 396 g/mol. The van der Waals surface area contributed by atoms with Crippen LogP contribution in [0, 0.1) is 6.92 Å². The van der Waals surface area contributed by atoms with Gasteiger partial charge in [-0.3, -0.25) is 14.6 Å². The standard InChI is InChI=1S/C20H19BrN2O3/c1-3-10-23-17(13-6-8-22-9-7-13)16(19(25)20(23)26)18(24)14-4-5-15(21)12(2)11-14/h4-9,11,17,24H,3,10H2,1-2H3/b18-16-. The van der Waals surface area contributed by atoms with Crippen molar-refractivity contribution >= 4 is 33.4 Å². The number of pyridine rings is 1. The number of amides is 1. The van der Waals surface area contributed by atoms with E-state index in [0.717, 1.165) is 15.6 Å². The Balaban J connectivity index is 2.19. The van der Waals surface area contributed by atoms with E-state index in [1.807, 2.05) is 19.9 Å². The average molecular weight is 415 g/mol. The summed E-state index contributed by atoms with van der Waals surface area (Å²) in [5.74, 6) is -1.39. The van der Waals surface area contributed by atoms with Crippen molar-refractivity contribution < 1.29 is 14.7 Å². The van der Waals surface area contributed by atoms with E-state index in [4.69, 9.17) is 0 Å². The molecule has 1 aromatic carbocycles. The molecule has 1 amide bonds. The third-order valence-electron chi connectivity index (χ3n) is 4.46. The summed E-state index contributed by atoms with van der Waals surface area (Å²) in [5.41, 5.74) is 2.32. The largest absolute Gasteiger partial charge is 0.507 e. The minimum atomic E-state index is -0.654. The van der Waals surface area contributed by atoms with Gasteiger partial charge in [0, 0.05) is 29.0 Å². The Kier molecular flexibility index (Phi) is 5.23. The molecule has 2 aromatic rings. The Morgan fingerprint density at radius 1 is 1.23 bits per heavy atom. The lowest BCUT2D eigenvalue weighted by Gasteiger charge is -2.24. The van der Waals surface area contributed by atoms with Gasteiger partial charge in [0.25, 0.3) is 11.7 Å². The van der Waals surface area contributed by atoms with Crippen molar-refractivity contribution in [2.24, 2.45) is 0 Å². The Bertz CT molecular complexity index is 893. The van der Waals surface area contributed by atoms with Gasteiger partial charge < -0.3 is 10.0 Å². The van der Waals surface area contributed by atoms with E-state index in [1.165, 1.54) is 4.90 Å². The Labute approximate surface area is 160 Å². The second-order valence-corrected chi connectivity index (χ2v) is 7.09. The number of aryl methyl sites for hydroxylation is 1. The molecule has 6 heteroatoms. The van der Waals surface area contributed by atoms with Gasteiger partial charge in [-0.2, -0.15) is 0 Å². The number of likely N-dealkylation sites (tertiary alicyclic amines) is 1. The summed E-state index contributed by atoms with van der Waals surface area (Å²) in [6.07, 6.45) is 3.95. The first-order valence-electron chi connectivity index (χ1n) is 8.40. The molecule has 0 aliphatic carbocycles. The molecule has 1 aliphatic heterocycles. The second kappa shape index (κ2) is 7.41. The molecule has 1 saturated heterocycles. The first kappa shape index (κ1) is 18.3. The van der Waals surface area contributed by atoms with Crippen LogP contribution in [0.2, 0.25) is 0 Å². The highest BCUT2D eigenvalue weighted by atomic mass is 79.9. The highest BCUT2D eigenvalue weighted by Crippen LogP contribution is 2.39. The number of hydrogen-bond acceptors (Lipinski definition) is 4. The molecule has 1 aliphatic rings. The smallest absolute Gasteiger partial charge is 0.295 e. The Hall–Kier alpha value is -2.47. The van der Waals surface area contributed by atoms with E-state index in [2.05, 4.69) is 20.9 Å². The summed E-state index contributed by atoms with van der Waals surface area (Å²) in [6.45, 7) is 4.28. The first-order valence-corrected chi connectivity index (χ1v) is 9.19. The fourth-order valence-electron chi connectivity index (χ4n) is 3.19. The molecule has 26 heavy (non-hydrogen) atoms. The molecule has 0 radical (unpaired) electrons. The number of aliphatic hydroxyl groups excluding tert-OH is 1. The molecular formula is C20H19BrN2O3. The summed E-state index contributed by atoms with van der Waals surface area (Å²) in [5, 5.41) is 10.9. The van der Waals surface area contributed by atoms with Crippen molar-refractivity contribution in [1.29, 1.82) is 0 Å². The van der Waals surface area contributed by atoms with Crippen LogP contribution in [0.15, 0.2) is 52.8 Å². The number of hydrogen-bond donors (Lipinski definition) is 1. The van der Waals surface area contributed by atoms with Gasteiger partial charge in [-0.1, -0.05) is 28.9 Å². The molecule has 0 saturated carbocycles. The molecule has 3 rings (SSSR count). The minimum Gasteiger partial charge on any atom is -0.507 e. The van der Waals surface area contributed by atoms with Gasteiger partial charge in [-0.15, -0.1) is 0 Å². The lowest BCUT2D eigenvalue weighted by atomic mass is 9.95. The van der Waals surface area contributed by atoms with Gasteiger partial charge in [-0.05, 0) is 48.7 Å². The maximum absolute atomic E-state index is 12.7. The molecule has 1 atom stereocenters. The zero-order valence-electron chi connectivity index (χ0n) is 14.6. The monoisotopic (exact) mass is 414 g/mol. The molecule has 5 nitrogen and oxygen atoms in total. The fraction of sp³-hybridized carbons (Fsp3) is 0.250. The fourth-order valence-corrected chi connectivity index (χ4v) is 3.44. The van der Waals surface area contributed by atoms with Gasteiger partial charge in [0.1, 0.15) is 5.76 Å². The van der Waals surface area contributed by atoms with Gasteiger partial charge in [-0.25, -0.2) is 0 Å². The third-order valence-corrected chi connectivity index (χ3v) is 5.35. The van der Waals surface area contributed by atoms with Crippen LogP contribution in [0.1, 0.15) is 36.1 Å². The molecule has 134 valence electrons. The van der Waals surface area contributed by atoms with Gasteiger partial charge in [0.2, 0.25) is 0 Å². The molecule has 0 spiro atoms. The summed E-state index contributed by atoms with van der Waals surface area (Å²) in [6, 6.07) is 8.24. The van der Waals surface area contributed by atoms with E-state index < -0.39 is 17.7 Å². The highest BCUT2D eigenvalue weighted by Gasteiger charge is 2.45. The van der Waals surface area contributed by atoms with E-state index in [9.17, 15) is 14.7 Å². The maximum atomic E-state index is 12.7. The molecule has 1 aromatic heterocycles. The normalized spacial score (nSPS) is 19.2. The number of nitrogens with zero attached hydrogens (tertiary/aromatic N) is 2. The van der Waals surface area contributed by atoms with Crippen LogP contribution in [0.3, 0.4) is 0 Å². The molecule has 1 fully saturated rings. The number of ketones is 1. The van der Waals surface area contributed by atoms with Crippen LogP contribution >= 0.6 is 15.9 Å². The second-order valence-electron chi connectivity index (χ2n) is 6.24. The van der Waals surface area contributed by atoms with Crippen molar-refractivity contribution in [2.45, 2.75) is 26.3 Å². The minimum absolute atomic E-state index is 0.122. The van der Waals surface area contributed by atoms with Crippen molar-refractivity contribution in [3.8, 4) is 0 Å². The Morgan fingerprint density at radius 2 is 1.92 bits per heavy atom. The topological polar surface area (TPSA) is 70.5 Å². The van der Waals surface area contributed by atoms with Crippen LogP contribution in [0.4, 0.5) is 0 Å². The summed E-state index contributed by atoms with van der Waals surface area (Å²) >= 11 is 3.43. The zero-order chi connectivity index (χ0) is 18.8. The van der Waals surface area contributed by atoms with Crippen LogP contribution < -0.4 is 0 Å². The average Bonchev–Trinajstić information content (AvgIpc) is 2.89. The maximum Gasteiger partial charge on any atom is 0.295 e. The van der Waals surface area contributed by atoms with E-state index >= 15 is 0 Å². The van der Waals surface area contributed by atoms with Crippen molar-refractivity contribution in [3.05, 3.63) is 69.5 Å². The van der Waals surface area contributed by atoms with E-state index in [1.54, 1.807) is 36.7 Å². The highest BCUT2D eigenvalue weighted by molar-refractivity contribution is 9.10. The van der Waals surface area contributed by atoms with E-state index in [0.29, 0.717) is 18.5 Å². The van der Waals surface area contributed by atoms with E-state index in [-0.39, 0.29) is 11.3 Å². The van der Waals surface area contributed by atoms with Crippen molar-refractivity contribution in [2.75, 3.05) is 6.54 Å². The number of benzene rings is 1. The number of rotatable bonds is 4. The SMILES string of the molecule is CCCN1C(=O)C(=O)/C(=C(\O)c2ccc(Br)c(C)c2)C1c1ccncc1. The van der Waals surface area contributed by atoms with Crippen LogP contribution in [0.5, 0.6) is 0 Å². The summed E-state index contributed by atoms with van der Waals surface area (Å²) in [4.78, 5) is 30.8. The molecule has 1 N–H and O–H groups in total. The summed E-state index contributed by atoms with van der Waals surface area (Å²) < 4.78 is 0.908. The number of aromatic nitrogens is 1. The quantitative estimate of drug-likeness (QED) is 0.466.